The summed E-state index contributed by atoms with van der Waals surface area (Å²) in [6.07, 6.45) is 0.751. The second-order valence-corrected chi connectivity index (χ2v) is 5.20. The first kappa shape index (κ1) is 14.3. The van der Waals surface area contributed by atoms with Crippen molar-refractivity contribution < 1.29 is 0 Å². The molecule has 3 N–H and O–H groups in total. The first-order chi connectivity index (χ1) is 9.51. The van der Waals surface area contributed by atoms with Gasteiger partial charge < -0.3 is 11.1 Å². The van der Waals surface area contributed by atoms with Crippen LogP contribution in [-0.4, -0.2) is 21.2 Å². The van der Waals surface area contributed by atoms with E-state index in [0.717, 1.165) is 11.0 Å². The molecule has 0 fully saturated rings. The van der Waals surface area contributed by atoms with Crippen LogP contribution in [0.4, 0.5) is 10.9 Å². The van der Waals surface area contributed by atoms with E-state index < -0.39 is 11.2 Å². The number of nitrogens with one attached hydrogen (secondary N) is 1. The summed E-state index contributed by atoms with van der Waals surface area (Å²) in [5.41, 5.74) is 5.96. The van der Waals surface area contributed by atoms with Crippen molar-refractivity contribution >= 4 is 22.3 Å². The van der Waals surface area contributed by atoms with Crippen LogP contribution in [-0.2, 0) is 13.6 Å². The third-order valence-electron chi connectivity index (χ3n) is 3.00. The van der Waals surface area contributed by atoms with E-state index >= 15 is 0 Å². The number of aromatic nitrogens is 3. The highest BCUT2D eigenvalue weighted by atomic mass is 32.1. The Morgan fingerprint density at radius 2 is 2.15 bits per heavy atom. The van der Waals surface area contributed by atoms with Crippen LogP contribution in [0, 0.1) is 0 Å². The quantitative estimate of drug-likeness (QED) is 0.866. The Bertz CT molecular complexity index is 743. The van der Waals surface area contributed by atoms with Crippen molar-refractivity contribution in [3.63, 3.8) is 0 Å². The monoisotopic (exact) mass is 295 g/mol. The molecule has 2 aromatic rings. The third-order valence-corrected chi connectivity index (χ3v) is 3.86. The number of nitrogens with two attached hydrogens (primary N) is 1. The molecule has 2 heterocycles. The topological polar surface area (TPSA) is 94.9 Å². The molecule has 0 amide bonds. The van der Waals surface area contributed by atoms with E-state index in [2.05, 4.69) is 10.3 Å². The van der Waals surface area contributed by atoms with Gasteiger partial charge in [-0.25, -0.2) is 9.78 Å². The zero-order valence-electron chi connectivity index (χ0n) is 11.6. The average molecular weight is 295 g/mol. The number of hydrogen-bond donors (Lipinski definition) is 2. The van der Waals surface area contributed by atoms with Gasteiger partial charge in [-0.1, -0.05) is 6.92 Å². The van der Waals surface area contributed by atoms with E-state index in [1.807, 2.05) is 6.92 Å². The molecule has 108 valence electrons. The Hall–Kier alpha value is -2.09. The molecule has 0 aliphatic heterocycles. The molecular formula is C12H17N5O2S. The van der Waals surface area contributed by atoms with Crippen molar-refractivity contribution in [2.45, 2.75) is 19.9 Å². The van der Waals surface area contributed by atoms with Crippen molar-refractivity contribution in [3.8, 4) is 11.3 Å². The maximum Gasteiger partial charge on any atom is 0.332 e. The first-order valence-corrected chi connectivity index (χ1v) is 7.12. The van der Waals surface area contributed by atoms with E-state index in [0.29, 0.717) is 17.4 Å². The lowest BCUT2D eigenvalue weighted by atomic mass is 10.2. The van der Waals surface area contributed by atoms with Gasteiger partial charge in [0.05, 0.1) is 5.69 Å². The molecule has 0 spiro atoms. The van der Waals surface area contributed by atoms with Crippen LogP contribution >= 0.6 is 11.3 Å². The maximum atomic E-state index is 12.3. The molecule has 0 aliphatic rings. The lowest BCUT2D eigenvalue weighted by Crippen LogP contribution is -2.40. The molecular weight excluding hydrogens is 278 g/mol. The molecule has 0 unspecified atom stereocenters. The number of hydrogen-bond acceptors (Lipinski definition) is 6. The second kappa shape index (κ2) is 5.49. The first-order valence-electron chi connectivity index (χ1n) is 6.24. The molecule has 0 aliphatic carbocycles. The molecule has 2 rings (SSSR count). The van der Waals surface area contributed by atoms with Gasteiger partial charge in [0.2, 0.25) is 0 Å². The predicted molar refractivity (Wildman–Crippen MR) is 81.3 cm³/mol. The molecule has 0 radical (unpaired) electrons. The average Bonchev–Trinajstić information content (AvgIpc) is 2.90. The van der Waals surface area contributed by atoms with Gasteiger partial charge in [0.15, 0.2) is 5.13 Å². The summed E-state index contributed by atoms with van der Waals surface area (Å²) in [6.45, 7) is 2.41. The van der Waals surface area contributed by atoms with Crippen molar-refractivity contribution in [3.05, 3.63) is 26.2 Å². The summed E-state index contributed by atoms with van der Waals surface area (Å²) in [4.78, 5) is 28.6. The zero-order valence-corrected chi connectivity index (χ0v) is 12.5. The Balaban J connectivity index is 2.75. The van der Waals surface area contributed by atoms with E-state index in [4.69, 9.17) is 5.73 Å². The van der Waals surface area contributed by atoms with Crippen LogP contribution in [0.1, 0.15) is 13.3 Å². The van der Waals surface area contributed by atoms with Crippen molar-refractivity contribution in [1.82, 2.24) is 14.1 Å². The molecule has 7 nitrogen and oxygen atoms in total. The molecule has 0 aromatic carbocycles. The fraction of sp³-hybridized carbons (Fsp3) is 0.417. The minimum absolute atomic E-state index is 0.174. The predicted octanol–water partition coefficient (Wildman–Crippen LogP) is 0.704. The van der Waals surface area contributed by atoms with E-state index in [1.54, 1.807) is 12.4 Å². The number of anilines is 2. The molecule has 20 heavy (non-hydrogen) atoms. The van der Waals surface area contributed by atoms with Crippen molar-refractivity contribution in [1.29, 1.82) is 0 Å². The normalized spacial score (nSPS) is 10.8. The fourth-order valence-electron chi connectivity index (χ4n) is 1.97. The van der Waals surface area contributed by atoms with Gasteiger partial charge in [-0.05, 0) is 6.42 Å². The summed E-state index contributed by atoms with van der Waals surface area (Å²) in [5.74, 6) is 0.174. The number of nitrogen functional groups attached to an aromatic ring is 1. The number of thiazole rings is 1. The second-order valence-electron chi connectivity index (χ2n) is 4.35. The van der Waals surface area contributed by atoms with Crippen LogP contribution in [0.2, 0.25) is 0 Å². The Labute approximate surface area is 119 Å². The maximum absolute atomic E-state index is 12.3. The molecule has 0 saturated carbocycles. The van der Waals surface area contributed by atoms with Crippen LogP contribution in [0.5, 0.6) is 0 Å². The largest absolute Gasteiger partial charge is 0.384 e. The SMILES string of the molecule is CCCn1c(N)c(-c2csc(NC)n2)c(=O)n(C)c1=O. The Kier molecular flexibility index (Phi) is 3.93. The zero-order chi connectivity index (χ0) is 14.9. The number of rotatable bonds is 4. The van der Waals surface area contributed by atoms with Crippen LogP contribution in [0.3, 0.4) is 0 Å². The number of nitrogens with zero attached hydrogens (tertiary/aromatic N) is 3. The smallest absolute Gasteiger partial charge is 0.332 e. The summed E-state index contributed by atoms with van der Waals surface area (Å²) >= 11 is 1.38. The molecule has 2 aromatic heterocycles. The van der Waals surface area contributed by atoms with Gasteiger partial charge >= 0.3 is 5.69 Å². The standard InChI is InChI=1S/C12H17N5O2S/c1-4-5-17-9(13)8(10(18)16(3)12(17)19)7-6-20-11(14-2)15-7/h6H,4-5,13H2,1-3H3,(H,14,15). The molecule has 0 atom stereocenters. The van der Waals surface area contributed by atoms with E-state index in [1.165, 1.54) is 23.0 Å². The highest BCUT2D eigenvalue weighted by Gasteiger charge is 2.18. The van der Waals surface area contributed by atoms with Crippen LogP contribution in [0.25, 0.3) is 11.3 Å². The lowest BCUT2D eigenvalue weighted by Gasteiger charge is -2.13. The van der Waals surface area contributed by atoms with E-state index in [-0.39, 0.29) is 11.4 Å². The third kappa shape index (κ3) is 2.22. The highest BCUT2D eigenvalue weighted by molar-refractivity contribution is 7.14. The molecule has 0 bridgehead atoms. The van der Waals surface area contributed by atoms with Gasteiger partial charge in [0.25, 0.3) is 5.56 Å². The molecule has 8 heteroatoms. The van der Waals surface area contributed by atoms with Gasteiger partial charge in [-0.2, -0.15) is 0 Å². The molecule has 0 saturated heterocycles. The Morgan fingerprint density at radius 3 is 2.70 bits per heavy atom. The Morgan fingerprint density at radius 1 is 1.45 bits per heavy atom. The minimum Gasteiger partial charge on any atom is -0.384 e. The van der Waals surface area contributed by atoms with E-state index in [9.17, 15) is 9.59 Å². The van der Waals surface area contributed by atoms with Gasteiger partial charge in [-0.15, -0.1) is 11.3 Å². The van der Waals surface area contributed by atoms with Gasteiger partial charge in [0.1, 0.15) is 11.4 Å². The van der Waals surface area contributed by atoms with Crippen LogP contribution < -0.4 is 22.3 Å². The minimum atomic E-state index is -0.423. The van der Waals surface area contributed by atoms with Gasteiger partial charge in [0, 0.05) is 26.0 Å². The van der Waals surface area contributed by atoms with Crippen molar-refractivity contribution in [2.75, 3.05) is 18.1 Å². The van der Waals surface area contributed by atoms with Crippen LogP contribution in [0.15, 0.2) is 15.0 Å². The summed E-state index contributed by atoms with van der Waals surface area (Å²) in [6, 6.07) is 0. The van der Waals surface area contributed by atoms with Crippen molar-refractivity contribution in [2.24, 2.45) is 7.05 Å². The highest BCUT2D eigenvalue weighted by Crippen LogP contribution is 2.25. The lowest BCUT2D eigenvalue weighted by molar-refractivity contribution is 0.600. The van der Waals surface area contributed by atoms with Gasteiger partial charge in [-0.3, -0.25) is 13.9 Å². The summed E-state index contributed by atoms with van der Waals surface area (Å²) in [5, 5.41) is 5.35. The fourth-order valence-corrected chi connectivity index (χ4v) is 2.63. The summed E-state index contributed by atoms with van der Waals surface area (Å²) < 4.78 is 2.48. The summed E-state index contributed by atoms with van der Waals surface area (Å²) in [7, 11) is 3.20.